The fourth-order valence-corrected chi connectivity index (χ4v) is 3.16. The zero-order chi connectivity index (χ0) is 18.6. The van der Waals surface area contributed by atoms with Crippen molar-refractivity contribution in [2.45, 2.75) is 39.8 Å². The van der Waals surface area contributed by atoms with E-state index in [-0.39, 0.29) is 60.9 Å². The summed E-state index contributed by atoms with van der Waals surface area (Å²) < 4.78 is 13.9. The Balaban J connectivity index is 0. The van der Waals surface area contributed by atoms with Crippen molar-refractivity contribution in [2.75, 3.05) is 37.6 Å². The summed E-state index contributed by atoms with van der Waals surface area (Å²) in [4.78, 5) is 16.9. The quantitative estimate of drug-likeness (QED) is 0.684. The fourth-order valence-electron chi connectivity index (χ4n) is 3.16. The smallest absolute Gasteiger partial charge is 0.237 e. The minimum atomic E-state index is -0.562. The summed E-state index contributed by atoms with van der Waals surface area (Å²) >= 11 is 0. The van der Waals surface area contributed by atoms with E-state index in [1.807, 2.05) is 26.8 Å². The van der Waals surface area contributed by atoms with E-state index in [0.29, 0.717) is 0 Å². The van der Waals surface area contributed by atoms with Gasteiger partial charge in [-0.15, -0.1) is 37.2 Å². The summed E-state index contributed by atoms with van der Waals surface area (Å²) in [6, 6.07) is 3.96. The number of benzene rings is 1. The highest BCUT2D eigenvalue weighted by Crippen LogP contribution is 2.28. The predicted molar refractivity (Wildman–Crippen MR) is 122 cm³/mol. The first kappa shape index (κ1) is 29.4. The van der Waals surface area contributed by atoms with Gasteiger partial charge in [-0.2, -0.15) is 0 Å². The second-order valence-corrected chi connectivity index (χ2v) is 7.12. The molecule has 1 amide bonds. The van der Waals surface area contributed by atoms with Crippen LogP contribution in [0.2, 0.25) is 0 Å². The Morgan fingerprint density at radius 3 is 2.21 bits per heavy atom. The molecule has 1 heterocycles. The van der Waals surface area contributed by atoms with Crippen LogP contribution in [-0.2, 0) is 4.79 Å². The third-order valence-corrected chi connectivity index (χ3v) is 5.00. The van der Waals surface area contributed by atoms with Crippen molar-refractivity contribution in [1.29, 1.82) is 0 Å². The molecule has 1 aromatic carbocycles. The molecule has 0 saturated carbocycles. The second kappa shape index (κ2) is 13.4. The lowest BCUT2D eigenvalue weighted by Crippen LogP contribution is -2.47. The summed E-state index contributed by atoms with van der Waals surface area (Å²) in [6.45, 7) is 12.7. The highest BCUT2D eigenvalue weighted by Gasteiger charge is 2.24. The largest absolute Gasteiger partial charge is 0.369 e. The number of carbonyl (C=O) groups excluding carboxylic acids is 1. The summed E-state index contributed by atoms with van der Waals surface area (Å²) in [5.41, 5.74) is 7.71. The molecule has 0 aromatic heterocycles. The Hall–Kier alpha value is -0.790. The summed E-state index contributed by atoms with van der Waals surface area (Å²) in [5.74, 6) is -0.435. The number of nitrogens with one attached hydrogen (secondary N) is 1. The molecular weight excluding hydrogens is 426 g/mol. The number of amides is 1. The van der Waals surface area contributed by atoms with Crippen LogP contribution in [0.25, 0.3) is 0 Å². The number of hydrogen-bond acceptors (Lipinski definition) is 4. The van der Waals surface area contributed by atoms with E-state index >= 15 is 0 Å². The van der Waals surface area contributed by atoms with E-state index in [9.17, 15) is 9.18 Å². The zero-order valence-corrected chi connectivity index (χ0v) is 19.4. The van der Waals surface area contributed by atoms with Gasteiger partial charge in [-0.05, 0) is 37.6 Å². The molecular formula is C19H34Cl3FN4O. The van der Waals surface area contributed by atoms with Gasteiger partial charge in [0.2, 0.25) is 5.91 Å². The van der Waals surface area contributed by atoms with Crippen molar-refractivity contribution >= 4 is 48.8 Å². The minimum Gasteiger partial charge on any atom is -0.369 e. The van der Waals surface area contributed by atoms with Gasteiger partial charge in [-0.25, -0.2) is 4.39 Å². The molecule has 0 spiro atoms. The lowest BCUT2D eigenvalue weighted by molar-refractivity contribution is -0.123. The fraction of sp³-hybridized carbons (Fsp3) is 0.632. The SMILES string of the molecule is CCN1CCN(c2ccc(F)cc2C(C)NC(=O)C(N)C(C)C)CC1.Cl.Cl.Cl. The van der Waals surface area contributed by atoms with Gasteiger partial charge in [0.15, 0.2) is 0 Å². The van der Waals surface area contributed by atoms with Crippen LogP contribution in [-0.4, -0.2) is 49.6 Å². The van der Waals surface area contributed by atoms with E-state index in [2.05, 4.69) is 22.0 Å². The van der Waals surface area contributed by atoms with Crippen LogP contribution in [0.15, 0.2) is 18.2 Å². The molecule has 3 N–H and O–H groups in total. The average molecular weight is 460 g/mol. The number of hydrogen-bond donors (Lipinski definition) is 2. The van der Waals surface area contributed by atoms with Gasteiger partial charge in [-0.3, -0.25) is 4.79 Å². The van der Waals surface area contributed by atoms with E-state index in [0.717, 1.165) is 44.0 Å². The lowest BCUT2D eigenvalue weighted by atomic mass is 10.0. The molecule has 0 bridgehead atoms. The Morgan fingerprint density at radius 1 is 1.14 bits per heavy atom. The molecule has 0 radical (unpaired) electrons. The van der Waals surface area contributed by atoms with Gasteiger partial charge in [0.05, 0.1) is 12.1 Å². The van der Waals surface area contributed by atoms with Gasteiger partial charge in [0, 0.05) is 37.4 Å². The van der Waals surface area contributed by atoms with Crippen molar-refractivity contribution in [1.82, 2.24) is 10.2 Å². The molecule has 9 heteroatoms. The molecule has 2 unspecified atom stereocenters. The molecule has 1 fully saturated rings. The average Bonchev–Trinajstić information content (AvgIpc) is 2.60. The molecule has 1 aromatic rings. The number of rotatable bonds is 6. The summed E-state index contributed by atoms with van der Waals surface area (Å²) in [5, 5.41) is 2.94. The van der Waals surface area contributed by atoms with Crippen molar-refractivity contribution in [2.24, 2.45) is 11.7 Å². The zero-order valence-electron chi connectivity index (χ0n) is 17.0. The Bertz CT molecular complexity index is 599. The highest BCUT2D eigenvalue weighted by molar-refractivity contribution is 5.86. The molecule has 5 nitrogen and oxygen atoms in total. The number of likely N-dealkylation sites (N-methyl/N-ethyl adjacent to an activating group) is 1. The first-order valence-electron chi connectivity index (χ1n) is 9.16. The normalized spacial score (nSPS) is 16.3. The molecule has 2 rings (SSSR count). The predicted octanol–water partition coefficient (Wildman–Crippen LogP) is 3.39. The molecule has 1 aliphatic rings. The summed E-state index contributed by atoms with van der Waals surface area (Å²) in [7, 11) is 0. The van der Waals surface area contributed by atoms with Gasteiger partial charge in [0.1, 0.15) is 5.82 Å². The number of anilines is 1. The first-order chi connectivity index (χ1) is 11.8. The Kier molecular flexibility index (Phi) is 14.1. The molecule has 1 aliphatic heterocycles. The van der Waals surface area contributed by atoms with Crippen LogP contribution in [0.1, 0.15) is 39.3 Å². The molecule has 0 aliphatic carbocycles. The van der Waals surface area contributed by atoms with Crippen LogP contribution >= 0.6 is 37.2 Å². The van der Waals surface area contributed by atoms with E-state index in [1.54, 1.807) is 0 Å². The Labute approximate surface area is 186 Å². The highest BCUT2D eigenvalue weighted by atomic mass is 35.5. The number of piperazine rings is 1. The molecule has 2 atom stereocenters. The van der Waals surface area contributed by atoms with Crippen molar-refractivity contribution in [3.05, 3.63) is 29.6 Å². The van der Waals surface area contributed by atoms with Crippen LogP contribution in [0.4, 0.5) is 10.1 Å². The van der Waals surface area contributed by atoms with Crippen molar-refractivity contribution in [3.8, 4) is 0 Å². The van der Waals surface area contributed by atoms with Gasteiger partial charge < -0.3 is 20.9 Å². The van der Waals surface area contributed by atoms with Gasteiger partial charge in [0.25, 0.3) is 0 Å². The van der Waals surface area contributed by atoms with Crippen LogP contribution in [0.5, 0.6) is 0 Å². The van der Waals surface area contributed by atoms with Gasteiger partial charge >= 0.3 is 0 Å². The monoisotopic (exact) mass is 458 g/mol. The van der Waals surface area contributed by atoms with Crippen LogP contribution < -0.4 is 16.0 Å². The minimum absolute atomic E-state index is 0. The first-order valence-corrected chi connectivity index (χ1v) is 9.16. The van der Waals surface area contributed by atoms with Crippen LogP contribution in [0.3, 0.4) is 0 Å². The Morgan fingerprint density at radius 2 is 1.71 bits per heavy atom. The number of halogens is 4. The molecule has 28 heavy (non-hydrogen) atoms. The van der Waals surface area contributed by atoms with E-state index in [1.165, 1.54) is 12.1 Å². The maximum absolute atomic E-state index is 13.9. The number of nitrogens with two attached hydrogens (primary N) is 1. The molecule has 164 valence electrons. The van der Waals surface area contributed by atoms with Crippen LogP contribution in [0, 0.1) is 11.7 Å². The second-order valence-electron chi connectivity index (χ2n) is 7.12. The lowest BCUT2D eigenvalue weighted by Gasteiger charge is -2.37. The van der Waals surface area contributed by atoms with Crippen molar-refractivity contribution in [3.63, 3.8) is 0 Å². The third-order valence-electron chi connectivity index (χ3n) is 5.00. The third kappa shape index (κ3) is 7.56. The molecule has 1 saturated heterocycles. The maximum atomic E-state index is 13.9. The topological polar surface area (TPSA) is 61.6 Å². The number of carbonyl (C=O) groups is 1. The van der Waals surface area contributed by atoms with Crippen molar-refractivity contribution < 1.29 is 9.18 Å². The van der Waals surface area contributed by atoms with Gasteiger partial charge in [-0.1, -0.05) is 20.8 Å². The van der Waals surface area contributed by atoms with E-state index in [4.69, 9.17) is 5.73 Å². The number of nitrogens with zero attached hydrogens (tertiary/aromatic N) is 2. The van der Waals surface area contributed by atoms with E-state index < -0.39 is 6.04 Å². The summed E-state index contributed by atoms with van der Waals surface area (Å²) in [6.07, 6.45) is 0. The maximum Gasteiger partial charge on any atom is 0.237 e. The standard InChI is InChI=1S/C19H31FN4O.3ClH/c1-5-23-8-10-24(11-9-23)17-7-6-15(20)12-16(17)14(4)22-19(25)18(21)13(2)3;;;/h6-7,12-14,18H,5,8-11,21H2,1-4H3,(H,22,25);3*1H.